The standard InChI is InChI=1S/C34H27N4OP/c35-26-32(33(38-37-28-18-8-2-9-19-28)34(39)36-27-16-6-1-7-17-27)40(29-20-10-3-11-21-29,30-22-12-4-13-23-30)31-24-14-5-15-25-31/h1-25,37H,(H,36,39)/b38-33+. The van der Waals surface area contributed by atoms with Crippen LogP contribution < -0.4 is 26.7 Å². The van der Waals surface area contributed by atoms with Gasteiger partial charge in [0.25, 0.3) is 5.91 Å². The molecule has 0 heterocycles. The van der Waals surface area contributed by atoms with Gasteiger partial charge in [-0.1, -0.05) is 127 Å². The predicted molar refractivity (Wildman–Crippen MR) is 168 cm³/mol. The van der Waals surface area contributed by atoms with E-state index in [9.17, 15) is 10.1 Å². The third-order valence-electron chi connectivity index (χ3n) is 6.41. The zero-order chi connectivity index (χ0) is 27.6. The van der Waals surface area contributed by atoms with Crippen molar-refractivity contribution < 1.29 is 4.79 Å². The number of nitriles is 1. The van der Waals surface area contributed by atoms with Gasteiger partial charge >= 0.3 is 0 Å². The second-order valence-electron chi connectivity index (χ2n) is 8.90. The van der Waals surface area contributed by atoms with Gasteiger partial charge in [-0.3, -0.25) is 10.2 Å². The number of benzene rings is 5. The van der Waals surface area contributed by atoms with Crippen LogP contribution in [0.2, 0.25) is 0 Å². The molecule has 1 amide bonds. The van der Waals surface area contributed by atoms with E-state index in [2.05, 4.69) is 21.9 Å². The summed E-state index contributed by atoms with van der Waals surface area (Å²) in [5, 5.41) is 21.7. The predicted octanol–water partition coefficient (Wildman–Crippen LogP) is 5.78. The minimum atomic E-state index is -2.88. The first kappa shape index (κ1) is 26.4. The Balaban J connectivity index is 1.87. The zero-order valence-corrected chi connectivity index (χ0v) is 22.6. The molecule has 0 fully saturated rings. The van der Waals surface area contributed by atoms with E-state index in [0.29, 0.717) is 16.7 Å². The van der Waals surface area contributed by atoms with Crippen LogP contribution in [0.1, 0.15) is 0 Å². The lowest BCUT2D eigenvalue weighted by Gasteiger charge is -2.30. The number of nitrogens with zero attached hydrogens (tertiary/aromatic N) is 2. The van der Waals surface area contributed by atoms with E-state index in [1.165, 1.54) is 0 Å². The van der Waals surface area contributed by atoms with Gasteiger partial charge in [0.2, 0.25) is 0 Å². The fourth-order valence-electron chi connectivity index (χ4n) is 4.63. The first-order valence-corrected chi connectivity index (χ1v) is 14.6. The van der Waals surface area contributed by atoms with E-state index < -0.39 is 12.8 Å². The van der Waals surface area contributed by atoms with E-state index in [4.69, 9.17) is 0 Å². The van der Waals surface area contributed by atoms with Crippen molar-refractivity contribution in [3.63, 3.8) is 0 Å². The van der Waals surface area contributed by atoms with Gasteiger partial charge in [-0.05, 0) is 47.1 Å². The van der Waals surface area contributed by atoms with Crippen molar-refractivity contribution >= 4 is 51.1 Å². The van der Waals surface area contributed by atoms with Crippen LogP contribution >= 0.6 is 6.89 Å². The summed E-state index contributed by atoms with van der Waals surface area (Å²) in [5.41, 5.74) is 4.37. The molecule has 5 aromatic carbocycles. The number of nitrogens with one attached hydrogen (secondary N) is 2. The number of hydrogen-bond acceptors (Lipinski definition) is 4. The molecule has 194 valence electrons. The van der Waals surface area contributed by atoms with Gasteiger partial charge in [-0.2, -0.15) is 10.4 Å². The lowest BCUT2D eigenvalue weighted by atomic mass is 10.2. The number of anilines is 2. The molecular weight excluding hydrogens is 511 g/mol. The van der Waals surface area contributed by atoms with E-state index in [1.807, 2.05) is 140 Å². The topological polar surface area (TPSA) is 77.3 Å². The highest BCUT2D eigenvalue weighted by atomic mass is 31.2. The zero-order valence-electron chi connectivity index (χ0n) is 21.7. The molecule has 0 aliphatic carbocycles. The highest BCUT2D eigenvalue weighted by molar-refractivity contribution is 7.97. The minimum absolute atomic E-state index is 0.0279. The lowest BCUT2D eigenvalue weighted by molar-refractivity contribution is -0.110. The Labute approximate surface area is 234 Å². The second kappa shape index (κ2) is 12.6. The van der Waals surface area contributed by atoms with Crippen LogP contribution in [0.4, 0.5) is 11.4 Å². The van der Waals surface area contributed by atoms with Crippen LogP contribution in [0.5, 0.6) is 0 Å². The van der Waals surface area contributed by atoms with Gasteiger partial charge in [0.05, 0.1) is 11.0 Å². The van der Waals surface area contributed by atoms with Crippen LogP contribution in [-0.2, 0) is 4.79 Å². The SMILES string of the molecule is N#CC(/C(=N\Nc1ccccc1)C(=O)Nc1ccccc1)=P(c1ccccc1)(c1ccccc1)c1ccccc1. The van der Waals surface area contributed by atoms with Crippen LogP contribution in [0, 0.1) is 11.3 Å². The largest absolute Gasteiger partial charge is 0.321 e. The van der Waals surface area contributed by atoms with Crippen molar-refractivity contribution in [2.24, 2.45) is 5.10 Å². The molecule has 0 aliphatic heterocycles. The van der Waals surface area contributed by atoms with Crippen molar-refractivity contribution in [2.45, 2.75) is 0 Å². The Morgan fingerprint density at radius 3 is 1.35 bits per heavy atom. The van der Waals surface area contributed by atoms with E-state index in [0.717, 1.165) is 15.9 Å². The Kier molecular flexibility index (Phi) is 8.32. The van der Waals surface area contributed by atoms with Gasteiger partial charge in [-0.15, -0.1) is 0 Å². The van der Waals surface area contributed by atoms with Crippen molar-refractivity contribution in [3.8, 4) is 6.07 Å². The van der Waals surface area contributed by atoms with Crippen LogP contribution in [0.15, 0.2) is 157 Å². The molecule has 0 bridgehead atoms. The molecule has 40 heavy (non-hydrogen) atoms. The molecule has 5 rings (SSSR count). The van der Waals surface area contributed by atoms with Gasteiger partial charge in [0.15, 0.2) is 5.71 Å². The summed E-state index contributed by atoms with van der Waals surface area (Å²) < 4.78 is 0. The number of carbonyl (C=O) groups excluding carboxylic acids is 1. The Morgan fingerprint density at radius 1 is 0.575 bits per heavy atom. The van der Waals surface area contributed by atoms with Gasteiger partial charge in [0.1, 0.15) is 6.07 Å². The van der Waals surface area contributed by atoms with Crippen LogP contribution in [0.3, 0.4) is 0 Å². The maximum atomic E-state index is 14.0. The molecule has 0 unspecified atom stereocenters. The number of hydrazone groups is 1. The summed E-state index contributed by atoms with van der Waals surface area (Å²) in [6, 6.07) is 50.9. The smallest absolute Gasteiger partial charge is 0.277 e. The molecule has 5 nitrogen and oxygen atoms in total. The van der Waals surface area contributed by atoms with Crippen molar-refractivity contribution in [3.05, 3.63) is 152 Å². The quantitative estimate of drug-likeness (QED) is 0.149. The fourth-order valence-corrected chi connectivity index (χ4v) is 8.78. The van der Waals surface area contributed by atoms with Crippen LogP contribution in [0.25, 0.3) is 0 Å². The summed E-state index contributed by atoms with van der Waals surface area (Å²) in [6.45, 7) is -2.88. The second-order valence-corrected chi connectivity index (χ2v) is 12.2. The van der Waals surface area contributed by atoms with Crippen molar-refractivity contribution in [1.82, 2.24) is 0 Å². The Hall–Kier alpha value is -5.17. The van der Waals surface area contributed by atoms with Crippen molar-refractivity contribution in [1.29, 1.82) is 5.26 Å². The molecule has 0 radical (unpaired) electrons. The first-order valence-electron chi connectivity index (χ1n) is 12.8. The molecule has 0 saturated carbocycles. The number of hydrogen-bond donors (Lipinski definition) is 2. The highest BCUT2D eigenvalue weighted by Crippen LogP contribution is 2.46. The average molecular weight is 539 g/mol. The number of para-hydroxylation sites is 2. The maximum absolute atomic E-state index is 14.0. The highest BCUT2D eigenvalue weighted by Gasteiger charge is 2.34. The molecule has 0 spiro atoms. The van der Waals surface area contributed by atoms with Gasteiger partial charge in [-0.25, -0.2) is 0 Å². The molecule has 2 N–H and O–H groups in total. The van der Waals surface area contributed by atoms with Crippen molar-refractivity contribution in [2.75, 3.05) is 10.7 Å². The minimum Gasteiger partial charge on any atom is -0.321 e. The fraction of sp³-hybridized carbons (Fsp3) is 0. The monoisotopic (exact) mass is 538 g/mol. The summed E-state index contributed by atoms with van der Waals surface area (Å²) in [6.07, 6.45) is 0. The summed E-state index contributed by atoms with van der Waals surface area (Å²) in [7, 11) is 0. The third kappa shape index (κ3) is 5.49. The first-order chi connectivity index (χ1) is 19.7. The average Bonchev–Trinajstić information content (AvgIpc) is 3.03. The number of carbonyl (C=O) groups is 1. The third-order valence-corrected chi connectivity index (χ3v) is 10.6. The Morgan fingerprint density at radius 2 is 0.950 bits per heavy atom. The molecule has 0 aromatic heterocycles. The molecule has 0 aliphatic rings. The molecular formula is C34H27N4OP. The van der Waals surface area contributed by atoms with E-state index in [1.54, 1.807) is 12.1 Å². The number of amides is 1. The van der Waals surface area contributed by atoms with E-state index in [-0.39, 0.29) is 5.71 Å². The van der Waals surface area contributed by atoms with Gasteiger partial charge < -0.3 is 5.32 Å². The van der Waals surface area contributed by atoms with E-state index >= 15 is 0 Å². The maximum Gasteiger partial charge on any atom is 0.277 e. The van der Waals surface area contributed by atoms with Gasteiger partial charge in [0, 0.05) is 5.69 Å². The molecule has 5 aromatic rings. The lowest BCUT2D eigenvalue weighted by Crippen LogP contribution is -2.38. The number of rotatable bonds is 8. The Bertz CT molecular complexity index is 1590. The molecule has 6 heteroatoms. The normalized spacial score (nSPS) is 11.2. The summed E-state index contributed by atoms with van der Waals surface area (Å²) >= 11 is 0. The van der Waals surface area contributed by atoms with Crippen LogP contribution in [-0.4, -0.2) is 16.9 Å². The molecule has 0 saturated heterocycles. The molecule has 0 atom stereocenters. The summed E-state index contributed by atoms with van der Waals surface area (Å²) in [5.74, 6) is -0.474. The summed E-state index contributed by atoms with van der Waals surface area (Å²) in [4.78, 5) is 14.0.